The van der Waals surface area contributed by atoms with Gasteiger partial charge >= 0.3 is 12.1 Å². The first-order valence-electron chi connectivity index (χ1n) is 3.80. The Labute approximate surface area is 77.4 Å². The molecule has 1 amide bonds. The largest absolute Gasteiger partial charge is 0.467 e. The molecule has 0 aliphatic carbocycles. The van der Waals surface area contributed by atoms with Gasteiger partial charge in [0.25, 0.3) is 0 Å². The highest BCUT2D eigenvalue weighted by Crippen LogP contribution is 2.34. The number of hydrogen-bond acceptors (Lipinski definition) is 3. The van der Waals surface area contributed by atoms with Gasteiger partial charge in [-0.1, -0.05) is 0 Å². The van der Waals surface area contributed by atoms with Crippen molar-refractivity contribution in [3.8, 4) is 0 Å². The van der Waals surface area contributed by atoms with Crippen molar-refractivity contribution < 1.29 is 27.5 Å². The number of alkyl halides is 3. The van der Waals surface area contributed by atoms with Gasteiger partial charge in [-0.05, 0) is 0 Å². The first-order valence-corrected chi connectivity index (χ1v) is 3.80. The standard InChI is InChI=1S/C7H8F3NO3/c1-14-6(13)5-3(7(8,9)10)2-4(12)11-5/h3,5H,2H2,1H3,(H,11,12)/t3-,5-/m1/s1. The van der Waals surface area contributed by atoms with Crippen LogP contribution in [0.15, 0.2) is 0 Å². The number of methoxy groups -OCH3 is 1. The van der Waals surface area contributed by atoms with Gasteiger partial charge in [0.05, 0.1) is 13.0 Å². The molecule has 80 valence electrons. The maximum Gasteiger partial charge on any atom is 0.394 e. The van der Waals surface area contributed by atoms with E-state index in [2.05, 4.69) is 4.74 Å². The number of hydrogen-bond donors (Lipinski definition) is 1. The van der Waals surface area contributed by atoms with Gasteiger partial charge in [0.15, 0.2) is 0 Å². The molecule has 1 aliphatic rings. The van der Waals surface area contributed by atoms with Gasteiger partial charge in [-0.2, -0.15) is 13.2 Å². The van der Waals surface area contributed by atoms with E-state index >= 15 is 0 Å². The Bertz CT molecular complexity index is 263. The molecule has 0 spiro atoms. The fourth-order valence-corrected chi connectivity index (χ4v) is 1.31. The summed E-state index contributed by atoms with van der Waals surface area (Å²) in [5, 5.41) is 1.93. The van der Waals surface area contributed by atoms with Crippen LogP contribution < -0.4 is 5.32 Å². The van der Waals surface area contributed by atoms with Crippen molar-refractivity contribution in [2.24, 2.45) is 5.92 Å². The quantitative estimate of drug-likeness (QED) is 0.631. The van der Waals surface area contributed by atoms with Gasteiger partial charge in [0.1, 0.15) is 6.04 Å². The third-order valence-corrected chi connectivity index (χ3v) is 2.00. The van der Waals surface area contributed by atoms with Crippen LogP contribution in [0.2, 0.25) is 0 Å². The number of carbonyl (C=O) groups is 2. The zero-order valence-electron chi connectivity index (χ0n) is 7.22. The van der Waals surface area contributed by atoms with Crippen molar-refractivity contribution in [2.75, 3.05) is 7.11 Å². The maximum atomic E-state index is 12.3. The van der Waals surface area contributed by atoms with E-state index in [1.54, 1.807) is 0 Å². The van der Waals surface area contributed by atoms with E-state index in [1.807, 2.05) is 5.32 Å². The SMILES string of the molecule is COC(=O)[C@@H]1NC(=O)C[C@H]1C(F)(F)F. The van der Waals surface area contributed by atoms with E-state index in [1.165, 1.54) is 0 Å². The average molecular weight is 211 g/mol. The fraction of sp³-hybridized carbons (Fsp3) is 0.714. The molecule has 14 heavy (non-hydrogen) atoms. The summed E-state index contributed by atoms with van der Waals surface area (Å²) >= 11 is 0. The minimum atomic E-state index is -4.57. The molecule has 0 radical (unpaired) electrons. The van der Waals surface area contributed by atoms with E-state index < -0.39 is 36.4 Å². The molecule has 0 bridgehead atoms. The Morgan fingerprint density at radius 3 is 2.57 bits per heavy atom. The molecule has 4 nitrogen and oxygen atoms in total. The number of esters is 1. The van der Waals surface area contributed by atoms with Gasteiger partial charge in [0.2, 0.25) is 5.91 Å². The second-order valence-electron chi connectivity index (χ2n) is 2.92. The van der Waals surface area contributed by atoms with Crippen molar-refractivity contribution in [1.29, 1.82) is 0 Å². The normalized spacial score (nSPS) is 27.3. The van der Waals surface area contributed by atoms with Gasteiger partial charge in [-0.3, -0.25) is 4.79 Å². The molecule has 0 aromatic heterocycles. The molecule has 0 saturated carbocycles. The first-order chi connectivity index (χ1) is 6.36. The fourth-order valence-electron chi connectivity index (χ4n) is 1.31. The Morgan fingerprint density at radius 2 is 2.14 bits per heavy atom. The van der Waals surface area contributed by atoms with Crippen LogP contribution in [0.25, 0.3) is 0 Å². The highest BCUT2D eigenvalue weighted by molar-refractivity contribution is 5.88. The minimum Gasteiger partial charge on any atom is -0.467 e. The van der Waals surface area contributed by atoms with Crippen LogP contribution in [-0.2, 0) is 14.3 Å². The smallest absolute Gasteiger partial charge is 0.394 e. The molecular weight excluding hydrogens is 203 g/mol. The van der Waals surface area contributed by atoms with E-state index in [9.17, 15) is 22.8 Å². The summed E-state index contributed by atoms with van der Waals surface area (Å²) in [6.45, 7) is 0. The molecule has 0 unspecified atom stereocenters. The predicted molar refractivity (Wildman–Crippen MR) is 38.1 cm³/mol. The average Bonchev–Trinajstić information content (AvgIpc) is 2.45. The number of rotatable bonds is 1. The topological polar surface area (TPSA) is 55.4 Å². The zero-order chi connectivity index (χ0) is 10.9. The monoisotopic (exact) mass is 211 g/mol. The predicted octanol–water partition coefficient (Wildman–Crippen LogP) is 0.226. The summed E-state index contributed by atoms with van der Waals surface area (Å²) in [6, 6.07) is -1.60. The van der Waals surface area contributed by atoms with E-state index in [4.69, 9.17) is 0 Å². The Hall–Kier alpha value is -1.27. The van der Waals surface area contributed by atoms with Crippen LogP contribution in [0.5, 0.6) is 0 Å². The van der Waals surface area contributed by atoms with Crippen molar-refractivity contribution in [2.45, 2.75) is 18.6 Å². The van der Waals surface area contributed by atoms with Crippen LogP contribution in [0.4, 0.5) is 13.2 Å². The summed E-state index contributed by atoms with van der Waals surface area (Å²) in [5.74, 6) is -3.84. The third kappa shape index (κ3) is 1.97. The summed E-state index contributed by atoms with van der Waals surface area (Å²) < 4.78 is 41.0. The van der Waals surface area contributed by atoms with E-state index in [-0.39, 0.29) is 0 Å². The van der Waals surface area contributed by atoms with E-state index in [0.29, 0.717) is 0 Å². The molecule has 0 aromatic rings. The van der Waals surface area contributed by atoms with Crippen molar-refractivity contribution >= 4 is 11.9 Å². The van der Waals surface area contributed by atoms with Crippen LogP contribution in [0.3, 0.4) is 0 Å². The van der Waals surface area contributed by atoms with E-state index in [0.717, 1.165) is 7.11 Å². The van der Waals surface area contributed by atoms with Crippen LogP contribution in [0, 0.1) is 5.92 Å². The van der Waals surface area contributed by atoms with Gasteiger partial charge in [0, 0.05) is 6.42 Å². The van der Waals surface area contributed by atoms with Crippen molar-refractivity contribution in [3.63, 3.8) is 0 Å². The zero-order valence-corrected chi connectivity index (χ0v) is 7.22. The molecule has 1 aliphatic heterocycles. The molecule has 0 aromatic carbocycles. The summed E-state index contributed by atoms with van der Waals surface area (Å²) in [6.07, 6.45) is -5.29. The second-order valence-corrected chi connectivity index (χ2v) is 2.92. The molecule has 1 rings (SSSR count). The second kappa shape index (κ2) is 3.47. The lowest BCUT2D eigenvalue weighted by Gasteiger charge is -2.18. The molecule has 7 heteroatoms. The molecule has 1 fully saturated rings. The summed E-state index contributed by atoms with van der Waals surface area (Å²) in [5.41, 5.74) is 0. The number of ether oxygens (including phenoxy) is 1. The highest BCUT2D eigenvalue weighted by atomic mass is 19.4. The Morgan fingerprint density at radius 1 is 1.57 bits per heavy atom. The molecule has 1 heterocycles. The van der Waals surface area contributed by atoms with Crippen LogP contribution in [0.1, 0.15) is 6.42 Å². The summed E-state index contributed by atoms with van der Waals surface area (Å²) in [4.78, 5) is 21.6. The minimum absolute atomic E-state index is 0.719. The molecule has 1 N–H and O–H groups in total. The lowest BCUT2D eigenvalue weighted by molar-refractivity contribution is -0.185. The third-order valence-electron chi connectivity index (χ3n) is 2.00. The number of halogens is 3. The van der Waals surface area contributed by atoms with Crippen LogP contribution in [-0.4, -0.2) is 31.2 Å². The van der Waals surface area contributed by atoms with Gasteiger partial charge in [-0.25, -0.2) is 4.79 Å². The maximum absolute atomic E-state index is 12.3. The van der Waals surface area contributed by atoms with Crippen molar-refractivity contribution in [1.82, 2.24) is 5.32 Å². The Kier molecular flexibility index (Phi) is 2.68. The van der Waals surface area contributed by atoms with Crippen molar-refractivity contribution in [3.05, 3.63) is 0 Å². The summed E-state index contributed by atoms with van der Waals surface area (Å²) in [7, 11) is 0.972. The van der Waals surface area contributed by atoms with Gasteiger partial charge < -0.3 is 10.1 Å². The number of amides is 1. The van der Waals surface area contributed by atoms with Gasteiger partial charge in [-0.15, -0.1) is 0 Å². The first kappa shape index (κ1) is 10.8. The highest BCUT2D eigenvalue weighted by Gasteiger charge is 2.53. The molecule has 1 saturated heterocycles. The molecule has 2 atom stereocenters. The lowest BCUT2D eigenvalue weighted by Crippen LogP contribution is -2.42. The Balaban J connectivity index is 2.83. The molecular formula is C7H8F3NO3. The van der Waals surface area contributed by atoms with Crippen LogP contribution >= 0.6 is 0 Å². The number of carbonyl (C=O) groups excluding carboxylic acids is 2. The number of nitrogens with one attached hydrogen (secondary N) is 1. The lowest BCUT2D eigenvalue weighted by atomic mass is 10.0.